The summed E-state index contributed by atoms with van der Waals surface area (Å²) in [7, 11) is 0. The SMILES string of the molecule is C=C1CC(Nc2nc(-c3cc(C(=O)NCCc4ccccc4)ccc3C)c3ccc(=O)n(-c4c(F)cccc4F)c3n2)CC(C)(C)N1. The highest BCUT2D eigenvalue weighted by Gasteiger charge is 2.30. The van der Waals surface area contributed by atoms with Crippen molar-refractivity contribution >= 4 is 22.9 Å². The maximum atomic E-state index is 15.2. The van der Waals surface area contributed by atoms with Gasteiger partial charge in [-0.25, -0.2) is 13.8 Å². The third kappa shape index (κ3) is 6.77. The second-order valence-electron chi connectivity index (χ2n) is 12.6. The summed E-state index contributed by atoms with van der Waals surface area (Å²) in [5, 5.41) is 10.2. The summed E-state index contributed by atoms with van der Waals surface area (Å²) in [6.45, 7) is 10.6. The van der Waals surface area contributed by atoms with E-state index in [0.29, 0.717) is 48.0 Å². The molecule has 1 fully saturated rings. The van der Waals surface area contributed by atoms with Crippen LogP contribution in [0, 0.1) is 18.6 Å². The number of aryl methyl sites for hydroxylation is 1. The molecule has 1 atom stereocenters. The molecule has 1 saturated heterocycles. The first-order valence-electron chi connectivity index (χ1n) is 15.5. The quantitative estimate of drug-likeness (QED) is 0.181. The number of para-hydroxylation sites is 1. The lowest BCUT2D eigenvalue weighted by Crippen LogP contribution is -2.48. The number of carbonyl (C=O) groups is 1. The normalized spacial score (nSPS) is 15.7. The fraction of sp³-hybridized carbons (Fsp3) is 0.243. The molecular weight excluding hydrogens is 598 g/mol. The highest BCUT2D eigenvalue weighted by Crippen LogP contribution is 2.33. The monoisotopic (exact) mass is 634 g/mol. The number of benzene rings is 3. The maximum absolute atomic E-state index is 15.2. The molecule has 6 rings (SSSR count). The minimum atomic E-state index is -0.906. The number of fused-ring (bicyclic) bond motifs is 1. The molecule has 240 valence electrons. The number of hydrogen-bond donors (Lipinski definition) is 3. The summed E-state index contributed by atoms with van der Waals surface area (Å²) < 4.78 is 31.3. The van der Waals surface area contributed by atoms with E-state index < -0.39 is 22.9 Å². The van der Waals surface area contributed by atoms with E-state index in [0.717, 1.165) is 33.5 Å². The van der Waals surface area contributed by atoms with Gasteiger partial charge in [0.15, 0.2) is 5.65 Å². The van der Waals surface area contributed by atoms with Gasteiger partial charge < -0.3 is 16.0 Å². The number of nitrogens with one attached hydrogen (secondary N) is 3. The van der Waals surface area contributed by atoms with E-state index in [2.05, 4.69) is 41.4 Å². The molecule has 0 saturated carbocycles. The first-order valence-corrected chi connectivity index (χ1v) is 15.5. The second-order valence-corrected chi connectivity index (χ2v) is 12.6. The van der Waals surface area contributed by atoms with Crippen LogP contribution < -0.4 is 21.5 Å². The van der Waals surface area contributed by atoms with E-state index in [1.807, 2.05) is 43.3 Å². The van der Waals surface area contributed by atoms with Crippen molar-refractivity contribution in [1.29, 1.82) is 0 Å². The van der Waals surface area contributed by atoms with Crippen LogP contribution >= 0.6 is 0 Å². The van der Waals surface area contributed by atoms with Crippen molar-refractivity contribution in [2.24, 2.45) is 0 Å². The predicted octanol–water partition coefficient (Wildman–Crippen LogP) is 6.46. The van der Waals surface area contributed by atoms with Crippen molar-refractivity contribution in [1.82, 2.24) is 25.2 Å². The van der Waals surface area contributed by atoms with Crippen LogP contribution in [0.1, 0.15) is 48.2 Å². The van der Waals surface area contributed by atoms with E-state index >= 15 is 8.78 Å². The van der Waals surface area contributed by atoms with E-state index in [1.54, 1.807) is 18.2 Å². The first kappa shape index (κ1) is 31.6. The van der Waals surface area contributed by atoms with Crippen LogP contribution in [0.5, 0.6) is 0 Å². The van der Waals surface area contributed by atoms with Gasteiger partial charge in [0.05, 0.1) is 5.69 Å². The van der Waals surface area contributed by atoms with Crippen LogP contribution in [0.4, 0.5) is 14.7 Å². The Morgan fingerprint density at radius 2 is 1.77 bits per heavy atom. The van der Waals surface area contributed by atoms with Gasteiger partial charge >= 0.3 is 0 Å². The Labute approximate surface area is 271 Å². The number of hydrogen-bond acceptors (Lipinski definition) is 6. The van der Waals surface area contributed by atoms with Gasteiger partial charge in [-0.1, -0.05) is 49.0 Å². The number of anilines is 1. The minimum Gasteiger partial charge on any atom is -0.384 e. The van der Waals surface area contributed by atoms with E-state index in [1.165, 1.54) is 12.1 Å². The molecule has 0 spiro atoms. The molecule has 1 unspecified atom stereocenters. The summed E-state index contributed by atoms with van der Waals surface area (Å²) >= 11 is 0. The number of pyridine rings is 1. The Hall–Kier alpha value is -5.38. The van der Waals surface area contributed by atoms with Crippen LogP contribution in [0.25, 0.3) is 28.0 Å². The predicted molar refractivity (Wildman–Crippen MR) is 181 cm³/mol. The Bertz CT molecular complexity index is 2040. The lowest BCUT2D eigenvalue weighted by molar-refractivity contribution is 0.0954. The molecule has 10 heteroatoms. The van der Waals surface area contributed by atoms with Crippen molar-refractivity contribution in [3.05, 3.63) is 130 Å². The Morgan fingerprint density at radius 3 is 2.49 bits per heavy atom. The van der Waals surface area contributed by atoms with Gasteiger partial charge in [-0.3, -0.25) is 14.2 Å². The molecule has 8 nitrogen and oxygen atoms in total. The van der Waals surface area contributed by atoms with Crippen molar-refractivity contribution < 1.29 is 13.6 Å². The molecule has 0 bridgehead atoms. The molecule has 1 aliphatic rings. The van der Waals surface area contributed by atoms with Crippen LogP contribution in [0.3, 0.4) is 0 Å². The summed E-state index contributed by atoms with van der Waals surface area (Å²) in [4.78, 5) is 36.2. The number of amides is 1. The Morgan fingerprint density at radius 1 is 1.02 bits per heavy atom. The van der Waals surface area contributed by atoms with Gasteiger partial charge in [-0.15, -0.1) is 0 Å². The first-order chi connectivity index (χ1) is 22.5. The standard InChI is InChI=1S/C37H36F2N6O2/c1-22-13-14-25(35(47)40-18-17-24-9-6-5-7-10-24)20-28(22)32-27-15-16-31(46)45(33-29(38)11-8-12-30(33)39)34(27)43-36(42-32)41-26-19-23(2)44-37(3,4)21-26/h5-16,20,26,44H,2,17-19,21H2,1,3-4H3,(H,40,47)(H,41,42,43). The van der Waals surface area contributed by atoms with E-state index in [-0.39, 0.29) is 29.1 Å². The zero-order chi connectivity index (χ0) is 33.3. The average Bonchev–Trinajstić information content (AvgIpc) is 3.01. The average molecular weight is 635 g/mol. The summed E-state index contributed by atoms with van der Waals surface area (Å²) in [6.07, 6.45) is 1.99. The lowest BCUT2D eigenvalue weighted by Gasteiger charge is -2.38. The van der Waals surface area contributed by atoms with Crippen LogP contribution in [0.2, 0.25) is 0 Å². The van der Waals surface area contributed by atoms with Gasteiger partial charge in [0, 0.05) is 52.8 Å². The zero-order valence-corrected chi connectivity index (χ0v) is 26.5. The summed E-state index contributed by atoms with van der Waals surface area (Å²) in [5.41, 5.74) is 2.82. The van der Waals surface area contributed by atoms with Crippen LogP contribution in [0.15, 0.2) is 95.9 Å². The molecule has 1 amide bonds. The van der Waals surface area contributed by atoms with Gasteiger partial charge in [0.1, 0.15) is 17.3 Å². The third-order valence-electron chi connectivity index (χ3n) is 8.31. The van der Waals surface area contributed by atoms with E-state index in [4.69, 9.17) is 4.98 Å². The van der Waals surface area contributed by atoms with Gasteiger partial charge in [-0.05, 0) is 75.1 Å². The van der Waals surface area contributed by atoms with Gasteiger partial charge in [-0.2, -0.15) is 4.98 Å². The van der Waals surface area contributed by atoms with Crippen molar-refractivity contribution in [2.75, 3.05) is 11.9 Å². The molecule has 0 aliphatic carbocycles. The second kappa shape index (κ2) is 12.8. The smallest absolute Gasteiger partial charge is 0.256 e. The Kier molecular flexibility index (Phi) is 8.60. The van der Waals surface area contributed by atoms with Gasteiger partial charge in [0.25, 0.3) is 11.5 Å². The topological polar surface area (TPSA) is 101 Å². The number of carbonyl (C=O) groups excluding carboxylic acids is 1. The number of halogens is 2. The number of nitrogens with zero attached hydrogens (tertiary/aromatic N) is 3. The highest BCUT2D eigenvalue weighted by atomic mass is 19.1. The van der Waals surface area contributed by atoms with Crippen molar-refractivity contribution in [2.45, 2.75) is 51.6 Å². The molecule has 3 heterocycles. The van der Waals surface area contributed by atoms with Crippen LogP contribution in [-0.4, -0.2) is 38.6 Å². The summed E-state index contributed by atoms with van der Waals surface area (Å²) in [6, 6.07) is 21.3. The maximum Gasteiger partial charge on any atom is 0.256 e. The number of piperidine rings is 1. The molecule has 3 N–H and O–H groups in total. The van der Waals surface area contributed by atoms with Crippen molar-refractivity contribution in [3.63, 3.8) is 0 Å². The Balaban J connectivity index is 1.47. The largest absolute Gasteiger partial charge is 0.384 e. The van der Waals surface area contributed by atoms with Crippen LogP contribution in [-0.2, 0) is 6.42 Å². The molecule has 2 aromatic heterocycles. The van der Waals surface area contributed by atoms with Gasteiger partial charge in [0.2, 0.25) is 5.95 Å². The lowest BCUT2D eigenvalue weighted by atomic mass is 9.88. The highest BCUT2D eigenvalue weighted by molar-refractivity contribution is 5.98. The minimum absolute atomic E-state index is 0.0261. The molecule has 47 heavy (non-hydrogen) atoms. The van der Waals surface area contributed by atoms with E-state index in [9.17, 15) is 9.59 Å². The third-order valence-corrected chi connectivity index (χ3v) is 8.31. The fourth-order valence-electron chi connectivity index (χ4n) is 6.24. The number of aromatic nitrogens is 3. The fourth-order valence-corrected chi connectivity index (χ4v) is 6.24. The molecule has 1 aliphatic heterocycles. The molecule has 5 aromatic rings. The molecule has 3 aromatic carbocycles. The number of rotatable bonds is 8. The molecule has 0 radical (unpaired) electrons. The molecular formula is C37H36F2N6O2. The summed E-state index contributed by atoms with van der Waals surface area (Å²) in [5.74, 6) is -1.89. The van der Waals surface area contributed by atoms with Crippen molar-refractivity contribution in [3.8, 4) is 16.9 Å². The zero-order valence-electron chi connectivity index (χ0n) is 26.5.